The molecule has 7 heteroatoms. The molecule has 0 atom stereocenters. The molecule has 0 amide bonds. The summed E-state index contributed by atoms with van der Waals surface area (Å²) in [5.74, 6) is -0.170. The number of nitrogens with zero attached hydrogens (tertiary/aromatic N) is 1. The molecule has 0 N–H and O–H groups in total. The molecule has 0 unspecified atom stereocenters. The molecule has 0 aliphatic heterocycles. The van der Waals surface area contributed by atoms with Crippen LogP contribution in [0.1, 0.15) is 0 Å². The van der Waals surface area contributed by atoms with Gasteiger partial charge in [0, 0.05) is 6.07 Å². The van der Waals surface area contributed by atoms with E-state index >= 15 is 0 Å². The first-order valence-corrected chi connectivity index (χ1v) is 3.84. The van der Waals surface area contributed by atoms with E-state index in [0.29, 0.717) is 4.73 Å². The molecule has 0 aliphatic rings. The van der Waals surface area contributed by atoms with E-state index in [1.54, 1.807) is 0 Å². The maximum Gasteiger partial charge on any atom is 0.422 e. The molecule has 1 aromatic heterocycles. The van der Waals surface area contributed by atoms with Gasteiger partial charge in [-0.15, -0.1) is 0 Å². The van der Waals surface area contributed by atoms with Gasteiger partial charge in [0.05, 0.1) is 0 Å². The molecule has 1 aromatic rings. The van der Waals surface area contributed by atoms with Gasteiger partial charge in [-0.25, -0.2) is 0 Å². The highest BCUT2D eigenvalue weighted by Gasteiger charge is 2.28. The van der Waals surface area contributed by atoms with Crippen LogP contribution in [0.2, 0.25) is 5.02 Å². The highest BCUT2D eigenvalue weighted by Crippen LogP contribution is 2.24. The van der Waals surface area contributed by atoms with E-state index in [1.165, 1.54) is 0 Å². The molecule has 78 valence electrons. The van der Waals surface area contributed by atoms with Crippen LogP contribution in [0.25, 0.3) is 0 Å². The van der Waals surface area contributed by atoms with Crippen molar-refractivity contribution in [1.82, 2.24) is 0 Å². The molecule has 0 radical (unpaired) electrons. The highest BCUT2D eigenvalue weighted by molar-refractivity contribution is 6.31. The number of halogens is 4. The van der Waals surface area contributed by atoms with Crippen molar-refractivity contribution in [1.29, 1.82) is 0 Å². The van der Waals surface area contributed by atoms with Crippen LogP contribution in [-0.4, -0.2) is 12.8 Å². The van der Waals surface area contributed by atoms with Crippen molar-refractivity contribution in [2.45, 2.75) is 6.18 Å². The SMILES string of the molecule is [O-][n+]1ccc(OCC(F)(F)F)c(Cl)c1. The standard InChI is InChI=1S/C7H5ClF3NO2/c8-5-3-12(13)2-1-6(5)14-4-7(9,10)11/h1-3H,4H2. The monoisotopic (exact) mass is 227 g/mol. The van der Waals surface area contributed by atoms with Crippen LogP contribution in [0.15, 0.2) is 18.5 Å². The van der Waals surface area contributed by atoms with E-state index in [9.17, 15) is 18.4 Å². The fourth-order valence-corrected chi connectivity index (χ4v) is 0.930. The van der Waals surface area contributed by atoms with Crippen molar-refractivity contribution in [3.05, 3.63) is 28.7 Å². The van der Waals surface area contributed by atoms with E-state index in [4.69, 9.17) is 11.6 Å². The van der Waals surface area contributed by atoms with E-state index in [-0.39, 0.29) is 10.8 Å². The number of pyridine rings is 1. The third kappa shape index (κ3) is 3.29. The summed E-state index contributed by atoms with van der Waals surface area (Å²) in [5.41, 5.74) is 0. The largest absolute Gasteiger partial charge is 0.619 e. The Morgan fingerprint density at radius 3 is 2.64 bits per heavy atom. The minimum Gasteiger partial charge on any atom is -0.619 e. The first-order chi connectivity index (χ1) is 6.38. The van der Waals surface area contributed by atoms with Crippen molar-refractivity contribution in [2.75, 3.05) is 6.61 Å². The van der Waals surface area contributed by atoms with Gasteiger partial charge in [0.15, 0.2) is 18.6 Å². The van der Waals surface area contributed by atoms with Gasteiger partial charge < -0.3 is 9.94 Å². The van der Waals surface area contributed by atoms with Crippen LogP contribution < -0.4 is 9.47 Å². The molecular weight excluding hydrogens is 223 g/mol. The minimum atomic E-state index is -4.42. The molecule has 0 spiro atoms. The highest BCUT2D eigenvalue weighted by atomic mass is 35.5. The van der Waals surface area contributed by atoms with Gasteiger partial charge in [-0.05, 0) is 0 Å². The lowest BCUT2D eigenvalue weighted by atomic mass is 10.4. The van der Waals surface area contributed by atoms with Gasteiger partial charge in [0.2, 0.25) is 6.20 Å². The summed E-state index contributed by atoms with van der Waals surface area (Å²) in [5, 5.41) is 10.4. The fourth-order valence-electron chi connectivity index (χ4n) is 0.716. The minimum absolute atomic E-state index is 0.160. The topological polar surface area (TPSA) is 36.2 Å². The Bertz CT molecular complexity index is 329. The second-order valence-corrected chi connectivity index (χ2v) is 2.83. The predicted molar refractivity (Wildman–Crippen MR) is 42.0 cm³/mol. The number of alkyl halides is 3. The van der Waals surface area contributed by atoms with E-state index in [2.05, 4.69) is 4.74 Å². The average Bonchev–Trinajstić information content (AvgIpc) is 2.00. The summed E-state index contributed by atoms with van der Waals surface area (Å²) in [7, 11) is 0. The molecule has 14 heavy (non-hydrogen) atoms. The zero-order chi connectivity index (χ0) is 10.8. The lowest BCUT2D eigenvalue weighted by Crippen LogP contribution is -2.25. The molecule has 1 rings (SSSR count). The molecule has 0 aromatic carbocycles. The summed E-state index contributed by atoms with van der Waals surface area (Å²) in [6, 6.07) is 1.07. The number of hydrogen-bond acceptors (Lipinski definition) is 2. The maximum absolute atomic E-state index is 11.7. The summed E-state index contributed by atoms with van der Waals surface area (Å²) in [6.45, 7) is -1.43. The summed E-state index contributed by atoms with van der Waals surface area (Å²) in [6.07, 6.45) is -2.52. The van der Waals surface area contributed by atoms with E-state index in [1.807, 2.05) is 0 Å². The lowest BCUT2D eigenvalue weighted by molar-refractivity contribution is -0.605. The molecule has 0 aliphatic carbocycles. The summed E-state index contributed by atoms with van der Waals surface area (Å²) >= 11 is 5.45. The summed E-state index contributed by atoms with van der Waals surface area (Å²) in [4.78, 5) is 0. The lowest BCUT2D eigenvalue weighted by Gasteiger charge is -2.09. The molecule has 0 saturated carbocycles. The quantitative estimate of drug-likeness (QED) is 0.572. The number of rotatable bonds is 2. The average molecular weight is 228 g/mol. The smallest absolute Gasteiger partial charge is 0.422 e. The molecular formula is C7H5ClF3NO2. The van der Waals surface area contributed by atoms with Gasteiger partial charge in [-0.3, -0.25) is 0 Å². The Kier molecular flexibility index (Phi) is 3.05. The van der Waals surface area contributed by atoms with Crippen molar-refractivity contribution < 1.29 is 22.6 Å². The van der Waals surface area contributed by atoms with Crippen LogP contribution in [0.3, 0.4) is 0 Å². The van der Waals surface area contributed by atoms with E-state index < -0.39 is 12.8 Å². The molecule has 3 nitrogen and oxygen atoms in total. The van der Waals surface area contributed by atoms with Crippen molar-refractivity contribution in [2.24, 2.45) is 0 Å². The zero-order valence-electron chi connectivity index (χ0n) is 6.71. The Morgan fingerprint density at radius 1 is 1.50 bits per heavy atom. The Labute approximate surface area is 82.3 Å². The van der Waals surface area contributed by atoms with Gasteiger partial charge in [-0.1, -0.05) is 11.6 Å². The third-order valence-corrected chi connectivity index (χ3v) is 1.52. The first-order valence-electron chi connectivity index (χ1n) is 3.46. The van der Waals surface area contributed by atoms with Crippen molar-refractivity contribution in [3.8, 4) is 5.75 Å². The van der Waals surface area contributed by atoms with Crippen LogP contribution in [0.4, 0.5) is 13.2 Å². The number of ether oxygens (including phenoxy) is 1. The fraction of sp³-hybridized carbons (Fsp3) is 0.286. The summed E-state index contributed by atoms with van der Waals surface area (Å²) < 4.78 is 39.9. The van der Waals surface area contributed by atoms with Crippen LogP contribution in [-0.2, 0) is 0 Å². The van der Waals surface area contributed by atoms with Gasteiger partial charge in [-0.2, -0.15) is 17.9 Å². The molecule has 1 heterocycles. The number of hydrogen-bond donors (Lipinski definition) is 0. The van der Waals surface area contributed by atoms with Gasteiger partial charge in [0.25, 0.3) is 0 Å². The Balaban J connectivity index is 2.68. The molecule has 0 bridgehead atoms. The first kappa shape index (κ1) is 10.9. The van der Waals surface area contributed by atoms with E-state index in [0.717, 1.165) is 18.5 Å². The molecule has 0 saturated heterocycles. The second-order valence-electron chi connectivity index (χ2n) is 2.42. The Morgan fingerprint density at radius 2 is 2.14 bits per heavy atom. The normalized spacial score (nSPS) is 11.4. The van der Waals surface area contributed by atoms with Gasteiger partial charge in [0.1, 0.15) is 5.02 Å². The van der Waals surface area contributed by atoms with Crippen molar-refractivity contribution in [3.63, 3.8) is 0 Å². The maximum atomic E-state index is 11.7. The van der Waals surface area contributed by atoms with Gasteiger partial charge >= 0.3 is 6.18 Å². The van der Waals surface area contributed by atoms with Crippen molar-refractivity contribution >= 4 is 11.6 Å². The Hall–Kier alpha value is -1.17. The third-order valence-electron chi connectivity index (χ3n) is 1.24. The molecule has 0 fully saturated rings. The van der Waals surface area contributed by atoms with Crippen LogP contribution >= 0.6 is 11.6 Å². The predicted octanol–water partition coefficient (Wildman–Crippen LogP) is 1.91. The van der Waals surface area contributed by atoms with Crippen LogP contribution in [0, 0.1) is 5.21 Å². The zero-order valence-corrected chi connectivity index (χ0v) is 7.47. The number of aromatic nitrogens is 1. The second kappa shape index (κ2) is 3.91. The van der Waals surface area contributed by atoms with Crippen LogP contribution in [0.5, 0.6) is 5.75 Å².